The SMILES string of the molecule is CCC(C)N(C)c1ccc(Br)cc1C(C)=O. The molecule has 0 radical (unpaired) electrons. The fraction of sp³-hybridized carbons (Fsp3) is 0.462. The largest absolute Gasteiger partial charge is 0.371 e. The number of Topliss-reactive ketones (excluding diaryl/α,β-unsaturated/α-hetero) is 1. The maximum absolute atomic E-state index is 11.6. The topological polar surface area (TPSA) is 20.3 Å². The van der Waals surface area contributed by atoms with Crippen LogP contribution in [0, 0.1) is 0 Å². The number of nitrogens with zero attached hydrogens (tertiary/aromatic N) is 1. The molecular weight excluding hydrogens is 266 g/mol. The van der Waals surface area contributed by atoms with Crippen LogP contribution in [0.2, 0.25) is 0 Å². The van der Waals surface area contributed by atoms with Crippen LogP contribution in [-0.4, -0.2) is 18.9 Å². The number of hydrogen-bond acceptors (Lipinski definition) is 2. The quantitative estimate of drug-likeness (QED) is 0.782. The van der Waals surface area contributed by atoms with Crippen molar-refractivity contribution >= 4 is 27.4 Å². The number of hydrogen-bond donors (Lipinski definition) is 0. The number of anilines is 1. The summed E-state index contributed by atoms with van der Waals surface area (Å²) >= 11 is 3.40. The molecule has 0 aromatic heterocycles. The Morgan fingerprint density at radius 1 is 1.50 bits per heavy atom. The summed E-state index contributed by atoms with van der Waals surface area (Å²) in [7, 11) is 2.03. The van der Waals surface area contributed by atoms with Gasteiger partial charge in [0.05, 0.1) is 0 Å². The van der Waals surface area contributed by atoms with E-state index in [1.54, 1.807) is 6.92 Å². The molecule has 1 atom stereocenters. The van der Waals surface area contributed by atoms with Gasteiger partial charge in [0, 0.05) is 28.8 Å². The Labute approximate surface area is 106 Å². The van der Waals surface area contributed by atoms with Crippen LogP contribution in [0.1, 0.15) is 37.6 Å². The van der Waals surface area contributed by atoms with Crippen LogP contribution in [-0.2, 0) is 0 Å². The lowest BCUT2D eigenvalue weighted by Gasteiger charge is -2.27. The lowest BCUT2D eigenvalue weighted by Crippen LogP contribution is -2.29. The summed E-state index contributed by atoms with van der Waals surface area (Å²) in [5.74, 6) is 0.103. The number of benzene rings is 1. The van der Waals surface area contributed by atoms with E-state index in [1.165, 1.54) is 0 Å². The van der Waals surface area contributed by atoms with Gasteiger partial charge >= 0.3 is 0 Å². The lowest BCUT2D eigenvalue weighted by atomic mass is 10.1. The molecular formula is C13H18BrNO. The van der Waals surface area contributed by atoms with Crippen molar-refractivity contribution in [2.45, 2.75) is 33.2 Å². The molecule has 0 saturated heterocycles. The van der Waals surface area contributed by atoms with Gasteiger partial charge in [0.25, 0.3) is 0 Å². The van der Waals surface area contributed by atoms with Gasteiger partial charge in [-0.3, -0.25) is 4.79 Å². The number of rotatable bonds is 4. The molecule has 0 saturated carbocycles. The Morgan fingerprint density at radius 3 is 2.62 bits per heavy atom. The van der Waals surface area contributed by atoms with Gasteiger partial charge in [-0.25, -0.2) is 0 Å². The summed E-state index contributed by atoms with van der Waals surface area (Å²) < 4.78 is 0.944. The van der Waals surface area contributed by atoms with E-state index in [9.17, 15) is 4.79 Å². The molecule has 88 valence electrons. The third-order valence-electron chi connectivity index (χ3n) is 2.97. The molecule has 0 N–H and O–H groups in total. The first-order chi connectivity index (χ1) is 7.47. The molecule has 0 aliphatic heterocycles. The van der Waals surface area contributed by atoms with Gasteiger partial charge in [-0.15, -0.1) is 0 Å². The zero-order chi connectivity index (χ0) is 12.3. The van der Waals surface area contributed by atoms with Gasteiger partial charge in [0.2, 0.25) is 0 Å². The minimum absolute atomic E-state index is 0.103. The highest BCUT2D eigenvalue weighted by molar-refractivity contribution is 9.10. The monoisotopic (exact) mass is 283 g/mol. The average Bonchev–Trinajstić information content (AvgIpc) is 2.26. The van der Waals surface area contributed by atoms with E-state index in [1.807, 2.05) is 25.2 Å². The number of ketones is 1. The Kier molecular flexibility index (Phi) is 4.54. The van der Waals surface area contributed by atoms with E-state index >= 15 is 0 Å². The van der Waals surface area contributed by atoms with E-state index in [2.05, 4.69) is 34.7 Å². The van der Waals surface area contributed by atoms with Crippen molar-refractivity contribution in [2.75, 3.05) is 11.9 Å². The summed E-state index contributed by atoms with van der Waals surface area (Å²) in [6, 6.07) is 6.28. The molecule has 0 bridgehead atoms. The molecule has 1 rings (SSSR count). The first-order valence-electron chi connectivity index (χ1n) is 5.50. The molecule has 1 unspecified atom stereocenters. The molecule has 0 fully saturated rings. The van der Waals surface area contributed by atoms with Crippen molar-refractivity contribution in [3.05, 3.63) is 28.2 Å². The number of halogens is 1. The predicted molar refractivity (Wildman–Crippen MR) is 72.3 cm³/mol. The minimum Gasteiger partial charge on any atom is -0.371 e. The Morgan fingerprint density at radius 2 is 2.12 bits per heavy atom. The molecule has 3 heteroatoms. The third kappa shape index (κ3) is 2.85. The lowest BCUT2D eigenvalue weighted by molar-refractivity contribution is 0.101. The first kappa shape index (κ1) is 13.2. The van der Waals surface area contributed by atoms with Crippen molar-refractivity contribution in [1.82, 2.24) is 0 Å². The highest BCUT2D eigenvalue weighted by Gasteiger charge is 2.14. The average molecular weight is 284 g/mol. The van der Waals surface area contributed by atoms with Gasteiger partial charge in [-0.1, -0.05) is 22.9 Å². The normalized spacial score (nSPS) is 12.3. The van der Waals surface area contributed by atoms with Crippen LogP contribution in [0.3, 0.4) is 0 Å². The fourth-order valence-electron chi connectivity index (χ4n) is 1.61. The molecule has 0 spiro atoms. The Bertz CT molecular complexity index is 390. The highest BCUT2D eigenvalue weighted by atomic mass is 79.9. The summed E-state index contributed by atoms with van der Waals surface area (Å²) in [4.78, 5) is 13.7. The molecule has 0 amide bonds. The van der Waals surface area contributed by atoms with Crippen molar-refractivity contribution in [1.29, 1.82) is 0 Å². The van der Waals surface area contributed by atoms with Crippen molar-refractivity contribution in [2.24, 2.45) is 0 Å². The zero-order valence-corrected chi connectivity index (χ0v) is 11.8. The zero-order valence-electron chi connectivity index (χ0n) is 10.2. The molecule has 0 aliphatic rings. The van der Waals surface area contributed by atoms with E-state index < -0.39 is 0 Å². The van der Waals surface area contributed by atoms with Crippen LogP contribution in [0.5, 0.6) is 0 Å². The van der Waals surface area contributed by atoms with Gasteiger partial charge in [-0.05, 0) is 38.5 Å². The summed E-state index contributed by atoms with van der Waals surface area (Å²) in [6.45, 7) is 5.91. The summed E-state index contributed by atoms with van der Waals surface area (Å²) in [5.41, 5.74) is 1.78. The summed E-state index contributed by atoms with van der Waals surface area (Å²) in [5, 5.41) is 0. The van der Waals surface area contributed by atoms with Gasteiger partial charge in [-0.2, -0.15) is 0 Å². The second-order valence-corrected chi connectivity index (χ2v) is 5.00. The van der Waals surface area contributed by atoms with Crippen LogP contribution in [0.4, 0.5) is 5.69 Å². The number of carbonyl (C=O) groups is 1. The van der Waals surface area contributed by atoms with Gasteiger partial charge in [0.1, 0.15) is 0 Å². The third-order valence-corrected chi connectivity index (χ3v) is 3.46. The van der Waals surface area contributed by atoms with E-state index in [4.69, 9.17) is 0 Å². The van der Waals surface area contributed by atoms with Crippen LogP contribution >= 0.6 is 15.9 Å². The minimum atomic E-state index is 0.103. The van der Waals surface area contributed by atoms with Crippen molar-refractivity contribution < 1.29 is 4.79 Å². The second-order valence-electron chi connectivity index (χ2n) is 4.09. The van der Waals surface area contributed by atoms with Crippen molar-refractivity contribution in [3.8, 4) is 0 Å². The standard InChI is InChI=1S/C13H18BrNO/c1-5-9(2)15(4)13-7-6-11(14)8-12(13)10(3)16/h6-9H,5H2,1-4H3. The molecule has 2 nitrogen and oxygen atoms in total. The first-order valence-corrected chi connectivity index (χ1v) is 6.30. The van der Waals surface area contributed by atoms with Gasteiger partial charge in [0.15, 0.2) is 5.78 Å². The highest BCUT2D eigenvalue weighted by Crippen LogP contribution is 2.26. The predicted octanol–water partition coefficient (Wildman–Crippen LogP) is 3.89. The summed E-state index contributed by atoms with van der Waals surface area (Å²) in [6.07, 6.45) is 1.06. The number of carbonyl (C=O) groups excluding carboxylic acids is 1. The second kappa shape index (κ2) is 5.48. The van der Waals surface area contributed by atoms with Crippen LogP contribution < -0.4 is 4.90 Å². The van der Waals surface area contributed by atoms with Gasteiger partial charge < -0.3 is 4.90 Å². The molecule has 1 aromatic carbocycles. The van der Waals surface area contributed by atoms with Crippen LogP contribution in [0.25, 0.3) is 0 Å². The van der Waals surface area contributed by atoms with E-state index in [-0.39, 0.29) is 5.78 Å². The maximum Gasteiger partial charge on any atom is 0.161 e. The molecule has 0 heterocycles. The van der Waals surface area contributed by atoms with E-state index in [0.717, 1.165) is 22.1 Å². The molecule has 16 heavy (non-hydrogen) atoms. The fourth-order valence-corrected chi connectivity index (χ4v) is 1.97. The van der Waals surface area contributed by atoms with Crippen LogP contribution in [0.15, 0.2) is 22.7 Å². The molecule has 1 aromatic rings. The molecule has 0 aliphatic carbocycles. The Hall–Kier alpha value is -0.830. The van der Waals surface area contributed by atoms with E-state index in [0.29, 0.717) is 6.04 Å². The Balaban J connectivity index is 3.17. The smallest absolute Gasteiger partial charge is 0.161 e. The maximum atomic E-state index is 11.6. The van der Waals surface area contributed by atoms with Crippen molar-refractivity contribution in [3.63, 3.8) is 0 Å².